The van der Waals surface area contributed by atoms with Crippen LogP contribution in [0.5, 0.6) is 0 Å². The first-order valence-corrected chi connectivity index (χ1v) is 5.01. The zero-order chi connectivity index (χ0) is 12.6. The van der Waals surface area contributed by atoms with E-state index in [-0.39, 0.29) is 13.1 Å². The van der Waals surface area contributed by atoms with Crippen molar-refractivity contribution in [2.75, 3.05) is 13.1 Å². The number of carbonyl (C=O) groups excluding carboxylic acids is 1. The molecular weight excluding hydrogens is 214 g/mol. The molecule has 92 valence electrons. The van der Waals surface area contributed by atoms with Crippen LogP contribution in [0.1, 0.15) is 27.7 Å². The lowest BCUT2D eigenvalue weighted by Crippen LogP contribution is -2.64. The van der Waals surface area contributed by atoms with Gasteiger partial charge in [-0.1, -0.05) is 0 Å². The van der Waals surface area contributed by atoms with Crippen molar-refractivity contribution in [3.63, 3.8) is 0 Å². The number of likely N-dealkylation sites (tertiary alicyclic amines) is 1. The van der Waals surface area contributed by atoms with E-state index in [1.807, 2.05) is 0 Å². The van der Waals surface area contributed by atoms with Gasteiger partial charge in [0.15, 0.2) is 0 Å². The second-order valence-electron chi connectivity index (χ2n) is 5.15. The van der Waals surface area contributed by atoms with E-state index in [9.17, 15) is 9.59 Å². The number of hydrogen-bond donors (Lipinski definition) is 1. The lowest BCUT2D eigenvalue weighted by Gasteiger charge is -2.45. The molecule has 1 amide bonds. The molecule has 0 aromatic heterocycles. The summed E-state index contributed by atoms with van der Waals surface area (Å²) in [6, 6.07) is 0. The average molecular weight is 231 g/mol. The quantitative estimate of drug-likeness (QED) is 0.695. The molecule has 0 atom stereocenters. The molecule has 0 aliphatic carbocycles. The molecule has 1 N–H and O–H groups in total. The van der Waals surface area contributed by atoms with Crippen molar-refractivity contribution in [1.29, 1.82) is 0 Å². The normalized spacial score (nSPS) is 18.6. The van der Waals surface area contributed by atoms with E-state index in [0.29, 0.717) is 0 Å². The second kappa shape index (κ2) is 3.84. The molecule has 0 aromatic carbocycles. The summed E-state index contributed by atoms with van der Waals surface area (Å²) in [5.74, 6) is 0. The van der Waals surface area contributed by atoms with E-state index < -0.39 is 23.5 Å². The van der Waals surface area contributed by atoms with Crippen LogP contribution in [0.4, 0.5) is 9.59 Å². The van der Waals surface area contributed by atoms with Crippen LogP contribution in [0.2, 0.25) is 0 Å². The zero-order valence-electron chi connectivity index (χ0n) is 9.94. The van der Waals surface area contributed by atoms with Gasteiger partial charge in [0, 0.05) is 0 Å². The molecule has 1 saturated heterocycles. The van der Waals surface area contributed by atoms with E-state index in [2.05, 4.69) is 4.74 Å². The highest BCUT2D eigenvalue weighted by molar-refractivity contribution is 5.70. The van der Waals surface area contributed by atoms with Gasteiger partial charge in [-0.3, -0.25) is 0 Å². The minimum absolute atomic E-state index is 0.230. The number of carboxylic acid groups (broad SMARTS) is 1. The largest absolute Gasteiger partial charge is 0.506 e. The Morgan fingerprint density at radius 1 is 1.31 bits per heavy atom. The molecule has 16 heavy (non-hydrogen) atoms. The lowest BCUT2D eigenvalue weighted by molar-refractivity contribution is -0.104. The maximum atomic E-state index is 11.5. The van der Waals surface area contributed by atoms with Crippen LogP contribution in [0.3, 0.4) is 0 Å². The van der Waals surface area contributed by atoms with Gasteiger partial charge in [-0.25, -0.2) is 9.59 Å². The molecule has 0 aromatic rings. The Bertz CT molecular complexity index is 301. The van der Waals surface area contributed by atoms with Crippen molar-refractivity contribution in [1.82, 2.24) is 4.90 Å². The SMILES string of the molecule is CC(C)(C)OC(=O)N1CC(C)(OC(=O)O)C1. The smallest absolute Gasteiger partial charge is 0.450 e. The monoisotopic (exact) mass is 231 g/mol. The summed E-state index contributed by atoms with van der Waals surface area (Å²) < 4.78 is 9.78. The van der Waals surface area contributed by atoms with Crippen LogP contribution in [-0.4, -0.2) is 46.5 Å². The Kier molecular flexibility index (Phi) is 3.03. The Balaban J connectivity index is 2.41. The summed E-state index contributed by atoms with van der Waals surface area (Å²) >= 11 is 0. The number of hydrogen-bond acceptors (Lipinski definition) is 4. The number of rotatable bonds is 1. The fourth-order valence-corrected chi connectivity index (χ4v) is 1.49. The molecule has 1 heterocycles. The topological polar surface area (TPSA) is 76.1 Å². The van der Waals surface area contributed by atoms with E-state index in [1.165, 1.54) is 4.90 Å². The molecule has 1 fully saturated rings. The van der Waals surface area contributed by atoms with E-state index in [1.54, 1.807) is 27.7 Å². The Morgan fingerprint density at radius 3 is 2.19 bits per heavy atom. The van der Waals surface area contributed by atoms with Crippen molar-refractivity contribution < 1.29 is 24.2 Å². The third-order valence-corrected chi connectivity index (χ3v) is 2.04. The predicted octanol–water partition coefficient (Wildman–Crippen LogP) is 1.69. The summed E-state index contributed by atoms with van der Waals surface area (Å²) in [7, 11) is 0. The van der Waals surface area contributed by atoms with Crippen LogP contribution >= 0.6 is 0 Å². The van der Waals surface area contributed by atoms with Crippen molar-refractivity contribution in [3.05, 3.63) is 0 Å². The van der Waals surface area contributed by atoms with Crippen LogP contribution in [0.25, 0.3) is 0 Å². The van der Waals surface area contributed by atoms with Gasteiger partial charge in [0.05, 0.1) is 13.1 Å². The fraction of sp³-hybridized carbons (Fsp3) is 0.800. The Morgan fingerprint density at radius 2 is 1.81 bits per heavy atom. The molecule has 1 rings (SSSR count). The van der Waals surface area contributed by atoms with Crippen molar-refractivity contribution in [2.24, 2.45) is 0 Å². The number of amides is 1. The van der Waals surface area contributed by atoms with E-state index in [4.69, 9.17) is 9.84 Å². The first-order chi connectivity index (χ1) is 7.11. The molecule has 0 saturated carbocycles. The molecule has 0 spiro atoms. The van der Waals surface area contributed by atoms with E-state index in [0.717, 1.165) is 0 Å². The summed E-state index contributed by atoms with van der Waals surface area (Å²) in [6.45, 7) is 7.43. The van der Waals surface area contributed by atoms with Crippen LogP contribution < -0.4 is 0 Å². The first-order valence-electron chi connectivity index (χ1n) is 5.01. The van der Waals surface area contributed by atoms with Crippen molar-refractivity contribution >= 4 is 12.2 Å². The predicted molar refractivity (Wildman–Crippen MR) is 55.3 cm³/mol. The third-order valence-electron chi connectivity index (χ3n) is 2.04. The van der Waals surface area contributed by atoms with Gasteiger partial charge in [-0.05, 0) is 27.7 Å². The Hall–Kier alpha value is -1.46. The molecule has 1 aliphatic heterocycles. The highest BCUT2D eigenvalue weighted by Gasteiger charge is 2.46. The van der Waals surface area contributed by atoms with E-state index >= 15 is 0 Å². The standard InChI is InChI=1S/C10H17NO5/c1-9(2,3)15-7(12)11-5-10(4,6-11)16-8(13)14/h5-6H2,1-4H3,(H,13,14). The molecule has 1 aliphatic rings. The lowest BCUT2D eigenvalue weighted by atomic mass is 9.97. The second-order valence-corrected chi connectivity index (χ2v) is 5.15. The molecule has 0 radical (unpaired) electrons. The Labute approximate surface area is 94.1 Å². The van der Waals surface area contributed by atoms with Gasteiger partial charge >= 0.3 is 12.2 Å². The molecule has 0 bridgehead atoms. The van der Waals surface area contributed by atoms with Gasteiger partial charge in [0.1, 0.15) is 11.2 Å². The maximum Gasteiger partial charge on any atom is 0.506 e. The first kappa shape index (κ1) is 12.6. The summed E-state index contributed by atoms with van der Waals surface area (Å²) in [4.78, 5) is 23.3. The number of carbonyl (C=O) groups is 2. The van der Waals surface area contributed by atoms with Gasteiger partial charge in [-0.15, -0.1) is 0 Å². The molecule has 6 nitrogen and oxygen atoms in total. The summed E-state index contributed by atoms with van der Waals surface area (Å²) in [5, 5.41) is 8.47. The number of ether oxygens (including phenoxy) is 2. The molecule has 0 unspecified atom stereocenters. The fourth-order valence-electron chi connectivity index (χ4n) is 1.49. The third kappa shape index (κ3) is 3.29. The highest BCUT2D eigenvalue weighted by Crippen LogP contribution is 2.26. The van der Waals surface area contributed by atoms with Gasteiger partial charge in [0.25, 0.3) is 0 Å². The van der Waals surface area contributed by atoms with Crippen molar-refractivity contribution in [2.45, 2.75) is 38.9 Å². The van der Waals surface area contributed by atoms with Gasteiger partial charge in [-0.2, -0.15) is 0 Å². The van der Waals surface area contributed by atoms with Crippen LogP contribution in [-0.2, 0) is 9.47 Å². The van der Waals surface area contributed by atoms with Crippen LogP contribution in [0.15, 0.2) is 0 Å². The summed E-state index contributed by atoms with van der Waals surface area (Å²) in [6.07, 6.45) is -1.77. The van der Waals surface area contributed by atoms with Crippen molar-refractivity contribution in [3.8, 4) is 0 Å². The van der Waals surface area contributed by atoms with Crippen LogP contribution in [0, 0.1) is 0 Å². The highest BCUT2D eigenvalue weighted by atomic mass is 16.7. The summed E-state index contributed by atoms with van der Waals surface area (Å²) in [5.41, 5.74) is -1.35. The molecule has 6 heteroatoms. The average Bonchev–Trinajstić information content (AvgIpc) is 1.94. The zero-order valence-corrected chi connectivity index (χ0v) is 9.94. The van der Waals surface area contributed by atoms with Gasteiger partial charge < -0.3 is 19.5 Å². The minimum atomic E-state index is -1.33. The maximum absolute atomic E-state index is 11.5. The number of nitrogens with zero attached hydrogens (tertiary/aromatic N) is 1. The molecular formula is C10H17NO5. The minimum Gasteiger partial charge on any atom is -0.450 e. The van der Waals surface area contributed by atoms with Gasteiger partial charge in [0.2, 0.25) is 0 Å².